The fourth-order valence-corrected chi connectivity index (χ4v) is 3.57. The molecular formula is C20H21F3N2O4. The lowest BCUT2D eigenvalue weighted by Gasteiger charge is -2.17. The third-order valence-corrected chi connectivity index (χ3v) is 5.08. The van der Waals surface area contributed by atoms with Crippen molar-refractivity contribution in [2.24, 2.45) is 11.8 Å². The molecule has 2 N–H and O–H groups in total. The van der Waals surface area contributed by atoms with E-state index in [-0.39, 0.29) is 5.91 Å². The van der Waals surface area contributed by atoms with Crippen LogP contribution in [0.4, 0.5) is 13.2 Å². The van der Waals surface area contributed by atoms with E-state index < -0.39 is 12.1 Å². The van der Waals surface area contributed by atoms with Crippen molar-refractivity contribution in [1.82, 2.24) is 10.2 Å². The fourth-order valence-electron chi connectivity index (χ4n) is 3.57. The molecule has 156 valence electrons. The number of rotatable bonds is 2. The molecule has 0 aliphatic carbocycles. The number of alkyl halides is 3. The Morgan fingerprint density at radius 3 is 2.07 bits per heavy atom. The molecule has 1 amide bonds. The van der Waals surface area contributed by atoms with Gasteiger partial charge in [-0.15, -0.1) is 0 Å². The molecule has 2 aliphatic heterocycles. The van der Waals surface area contributed by atoms with Crippen molar-refractivity contribution in [2.45, 2.75) is 13.1 Å². The van der Waals surface area contributed by atoms with Crippen LogP contribution in [0.15, 0.2) is 40.8 Å². The van der Waals surface area contributed by atoms with Crippen LogP contribution >= 0.6 is 0 Å². The number of carboxylic acid groups (broad SMARTS) is 1. The zero-order valence-electron chi connectivity index (χ0n) is 15.7. The van der Waals surface area contributed by atoms with Gasteiger partial charge in [0.1, 0.15) is 11.5 Å². The Balaban J connectivity index is 0.000000298. The molecule has 6 nitrogen and oxygen atoms in total. The lowest BCUT2D eigenvalue weighted by molar-refractivity contribution is -0.192. The van der Waals surface area contributed by atoms with E-state index in [2.05, 4.69) is 5.32 Å². The average molecular weight is 410 g/mol. The van der Waals surface area contributed by atoms with Gasteiger partial charge in [0.25, 0.3) is 5.91 Å². The second-order valence-corrected chi connectivity index (χ2v) is 7.18. The first kappa shape index (κ1) is 20.9. The molecule has 2 atom stereocenters. The third-order valence-electron chi connectivity index (χ3n) is 5.08. The van der Waals surface area contributed by atoms with Gasteiger partial charge in [-0.3, -0.25) is 4.79 Å². The van der Waals surface area contributed by atoms with Crippen molar-refractivity contribution < 1.29 is 32.3 Å². The van der Waals surface area contributed by atoms with Gasteiger partial charge in [-0.05, 0) is 43.0 Å². The summed E-state index contributed by atoms with van der Waals surface area (Å²) in [4.78, 5) is 23.5. The molecule has 0 spiro atoms. The summed E-state index contributed by atoms with van der Waals surface area (Å²) in [5.41, 5.74) is 1.77. The number of carbonyl (C=O) groups is 2. The maximum Gasteiger partial charge on any atom is 0.490 e. The second kappa shape index (κ2) is 8.28. The van der Waals surface area contributed by atoms with E-state index in [0.29, 0.717) is 11.8 Å². The largest absolute Gasteiger partial charge is 0.490 e. The number of amides is 1. The normalized spacial score (nSPS) is 20.8. The van der Waals surface area contributed by atoms with Gasteiger partial charge in [0, 0.05) is 37.3 Å². The summed E-state index contributed by atoms with van der Waals surface area (Å²) in [6.07, 6.45) is -5.08. The predicted octanol–water partition coefficient (Wildman–Crippen LogP) is 3.18. The Morgan fingerprint density at radius 1 is 1.07 bits per heavy atom. The van der Waals surface area contributed by atoms with Gasteiger partial charge >= 0.3 is 12.1 Å². The van der Waals surface area contributed by atoms with Gasteiger partial charge in [-0.2, -0.15) is 13.2 Å². The fraction of sp³-hybridized carbons (Fsp3) is 0.400. The Bertz CT molecular complexity index is 865. The molecule has 9 heteroatoms. The minimum atomic E-state index is -5.08. The highest BCUT2D eigenvalue weighted by Crippen LogP contribution is 2.28. The molecule has 0 bridgehead atoms. The van der Waals surface area contributed by atoms with Gasteiger partial charge in [0.2, 0.25) is 0 Å². The number of aryl methyl sites for hydroxylation is 1. The van der Waals surface area contributed by atoms with Crippen molar-refractivity contribution in [2.75, 3.05) is 26.2 Å². The van der Waals surface area contributed by atoms with Crippen LogP contribution in [0.3, 0.4) is 0 Å². The van der Waals surface area contributed by atoms with E-state index in [1.807, 2.05) is 48.2 Å². The Kier molecular flexibility index (Phi) is 5.97. The van der Waals surface area contributed by atoms with Gasteiger partial charge in [-0.1, -0.05) is 12.1 Å². The van der Waals surface area contributed by atoms with Crippen LogP contribution in [0.5, 0.6) is 0 Å². The minimum absolute atomic E-state index is 0.150. The highest BCUT2D eigenvalue weighted by atomic mass is 19.4. The van der Waals surface area contributed by atoms with Crippen LogP contribution < -0.4 is 5.32 Å². The summed E-state index contributed by atoms with van der Waals surface area (Å²) in [6.45, 7) is 5.79. The highest BCUT2D eigenvalue weighted by Gasteiger charge is 2.39. The summed E-state index contributed by atoms with van der Waals surface area (Å²) >= 11 is 0. The van der Waals surface area contributed by atoms with E-state index in [4.69, 9.17) is 14.3 Å². The summed E-state index contributed by atoms with van der Waals surface area (Å²) in [7, 11) is 0. The number of fused-ring (bicyclic) bond motifs is 1. The lowest BCUT2D eigenvalue weighted by atomic mass is 10.0. The zero-order chi connectivity index (χ0) is 21.2. The zero-order valence-corrected chi connectivity index (χ0v) is 15.7. The first-order chi connectivity index (χ1) is 13.6. The molecule has 2 unspecified atom stereocenters. The molecule has 2 aliphatic rings. The van der Waals surface area contributed by atoms with Crippen molar-refractivity contribution >= 4 is 11.9 Å². The average Bonchev–Trinajstić information content (AvgIpc) is 3.37. The minimum Gasteiger partial charge on any atom is -0.475 e. The second-order valence-electron chi connectivity index (χ2n) is 7.18. The number of likely N-dealkylation sites (tertiary alicyclic amines) is 1. The maximum absolute atomic E-state index is 12.6. The first-order valence-corrected chi connectivity index (χ1v) is 9.12. The molecule has 1 aromatic heterocycles. The van der Waals surface area contributed by atoms with E-state index >= 15 is 0 Å². The standard InChI is InChI=1S/C18H20N2O2.C2HF3O2/c1-12-2-7-17(22-12)13-3-5-14(6-4-13)18(21)20-10-15-8-19-9-16(15)11-20;3-2(4,5)1(6)7/h2-7,15-16,19H,8-11H2,1H3;(H,6,7). The summed E-state index contributed by atoms with van der Waals surface area (Å²) in [5.74, 6) is 0.401. The molecule has 4 rings (SSSR count). The molecule has 0 saturated carbocycles. The number of carboxylic acids is 1. The number of nitrogens with one attached hydrogen (secondary N) is 1. The lowest BCUT2D eigenvalue weighted by Crippen LogP contribution is -2.31. The van der Waals surface area contributed by atoms with Crippen molar-refractivity contribution in [1.29, 1.82) is 0 Å². The van der Waals surface area contributed by atoms with E-state index in [1.54, 1.807) is 0 Å². The van der Waals surface area contributed by atoms with Gasteiger partial charge in [0.15, 0.2) is 0 Å². The van der Waals surface area contributed by atoms with Crippen LogP contribution in [0.1, 0.15) is 16.1 Å². The number of hydrogen-bond donors (Lipinski definition) is 2. The van der Waals surface area contributed by atoms with Crippen LogP contribution in [0, 0.1) is 18.8 Å². The number of carbonyl (C=O) groups excluding carboxylic acids is 1. The molecule has 29 heavy (non-hydrogen) atoms. The van der Waals surface area contributed by atoms with Gasteiger partial charge in [-0.25, -0.2) is 4.79 Å². The molecule has 1 aromatic carbocycles. The Hall–Kier alpha value is -2.81. The van der Waals surface area contributed by atoms with E-state index in [9.17, 15) is 18.0 Å². The van der Waals surface area contributed by atoms with Gasteiger partial charge in [0.05, 0.1) is 0 Å². The van der Waals surface area contributed by atoms with Gasteiger partial charge < -0.3 is 19.7 Å². The molecule has 2 saturated heterocycles. The highest BCUT2D eigenvalue weighted by molar-refractivity contribution is 5.94. The topological polar surface area (TPSA) is 82.8 Å². The maximum atomic E-state index is 12.6. The summed E-state index contributed by atoms with van der Waals surface area (Å²) in [5, 5.41) is 10.5. The van der Waals surface area contributed by atoms with Crippen molar-refractivity contribution in [3.05, 3.63) is 47.7 Å². The van der Waals surface area contributed by atoms with E-state index in [0.717, 1.165) is 48.8 Å². The van der Waals surface area contributed by atoms with Crippen LogP contribution in [0.2, 0.25) is 0 Å². The molecule has 2 fully saturated rings. The smallest absolute Gasteiger partial charge is 0.475 e. The number of nitrogens with zero attached hydrogens (tertiary/aromatic N) is 1. The van der Waals surface area contributed by atoms with Crippen LogP contribution in [-0.2, 0) is 4.79 Å². The number of hydrogen-bond acceptors (Lipinski definition) is 4. The Labute approximate surface area is 165 Å². The SMILES string of the molecule is Cc1ccc(-c2ccc(C(=O)N3CC4CNCC4C3)cc2)o1.O=C(O)C(F)(F)F. The molecule has 3 heterocycles. The number of furan rings is 1. The summed E-state index contributed by atoms with van der Waals surface area (Å²) in [6, 6.07) is 11.6. The number of benzene rings is 1. The monoisotopic (exact) mass is 410 g/mol. The Morgan fingerprint density at radius 2 is 1.62 bits per heavy atom. The summed E-state index contributed by atoms with van der Waals surface area (Å²) < 4.78 is 37.4. The third kappa shape index (κ3) is 4.97. The van der Waals surface area contributed by atoms with Crippen molar-refractivity contribution in [3.63, 3.8) is 0 Å². The molecule has 0 radical (unpaired) electrons. The van der Waals surface area contributed by atoms with E-state index in [1.165, 1.54) is 0 Å². The molecular weight excluding hydrogens is 389 g/mol. The quantitative estimate of drug-likeness (QED) is 0.795. The molecule has 2 aromatic rings. The predicted molar refractivity (Wildman–Crippen MR) is 98.3 cm³/mol. The van der Waals surface area contributed by atoms with Crippen molar-refractivity contribution in [3.8, 4) is 11.3 Å². The number of aliphatic carboxylic acids is 1. The van der Waals surface area contributed by atoms with Crippen LogP contribution in [0.25, 0.3) is 11.3 Å². The van der Waals surface area contributed by atoms with Crippen LogP contribution in [-0.4, -0.2) is 54.2 Å². The first-order valence-electron chi connectivity index (χ1n) is 9.12. The number of halogens is 3.